The molecule has 4 rings (SSSR count). The van der Waals surface area contributed by atoms with E-state index < -0.39 is 28.6 Å². The number of fused-ring (bicyclic) bond motifs is 1. The Morgan fingerprint density at radius 1 is 1.29 bits per heavy atom. The Balaban J connectivity index is 1.47. The molecule has 0 aliphatic carbocycles. The van der Waals surface area contributed by atoms with Crippen LogP contribution < -0.4 is 5.73 Å². The van der Waals surface area contributed by atoms with Gasteiger partial charge in [-0.2, -0.15) is 8.42 Å². The van der Waals surface area contributed by atoms with Gasteiger partial charge < -0.3 is 15.6 Å². The van der Waals surface area contributed by atoms with Crippen LogP contribution in [0.1, 0.15) is 18.2 Å². The maximum atomic E-state index is 12.3. The number of aromatic nitrogens is 4. The first-order valence-corrected chi connectivity index (χ1v) is 9.98. The van der Waals surface area contributed by atoms with Crippen molar-refractivity contribution in [3.8, 4) is 0 Å². The van der Waals surface area contributed by atoms with Crippen molar-refractivity contribution in [3.63, 3.8) is 0 Å². The minimum atomic E-state index is -3.95. The lowest BCUT2D eigenvalue weighted by Gasteiger charge is -2.16. The molecule has 28 heavy (non-hydrogen) atoms. The normalized spacial score (nSPS) is 22.7. The van der Waals surface area contributed by atoms with Crippen LogP contribution in [0.5, 0.6) is 0 Å². The lowest BCUT2D eigenvalue weighted by molar-refractivity contribution is -0.0371. The van der Waals surface area contributed by atoms with Gasteiger partial charge in [-0.3, -0.25) is 8.75 Å². The number of nitrogens with two attached hydrogens (primary N) is 1. The molecule has 0 spiro atoms. The number of rotatable bonds is 5. The van der Waals surface area contributed by atoms with Gasteiger partial charge in [0, 0.05) is 6.42 Å². The summed E-state index contributed by atoms with van der Waals surface area (Å²) >= 11 is 0. The number of ether oxygens (including phenoxy) is 1. The van der Waals surface area contributed by atoms with Gasteiger partial charge in [-0.15, -0.1) is 0 Å². The zero-order valence-corrected chi connectivity index (χ0v) is 15.8. The molecule has 3 N–H and O–H groups in total. The second kappa shape index (κ2) is 7.09. The topological polar surface area (TPSA) is 142 Å². The Morgan fingerprint density at radius 3 is 2.79 bits per heavy atom. The summed E-state index contributed by atoms with van der Waals surface area (Å²) < 4.78 is 37.2. The number of aryl methyl sites for hydroxylation is 1. The molecule has 0 saturated carbocycles. The molecule has 3 atom stereocenters. The summed E-state index contributed by atoms with van der Waals surface area (Å²) in [5.74, 6) is 0.242. The standard InChI is InChI=1S/C17H19N5O5S/c1-10-2-4-11(5-3-10)28(24,25)26-7-13-12(23)6-14(27-13)22-9-21-15-16(18)19-8-20-17(15)22/h2-5,8-9,12-14,23H,6-7H2,1H3,(H2,18,19,20)/t12-,13-,14+/m1/s1. The van der Waals surface area contributed by atoms with Crippen LogP contribution in [-0.4, -0.2) is 51.9 Å². The number of hydrogen-bond donors (Lipinski definition) is 2. The lowest BCUT2D eigenvalue weighted by Crippen LogP contribution is -2.28. The number of nitrogens with zero attached hydrogens (tertiary/aromatic N) is 4. The van der Waals surface area contributed by atoms with Crippen LogP contribution in [0.2, 0.25) is 0 Å². The van der Waals surface area contributed by atoms with Gasteiger partial charge in [0.25, 0.3) is 10.1 Å². The van der Waals surface area contributed by atoms with Crippen molar-refractivity contribution in [2.24, 2.45) is 0 Å². The minimum Gasteiger partial charge on any atom is -0.390 e. The van der Waals surface area contributed by atoms with E-state index >= 15 is 0 Å². The molecule has 1 saturated heterocycles. The van der Waals surface area contributed by atoms with Gasteiger partial charge in [-0.1, -0.05) is 17.7 Å². The Morgan fingerprint density at radius 2 is 2.04 bits per heavy atom. The monoisotopic (exact) mass is 405 g/mol. The molecule has 1 aromatic carbocycles. The van der Waals surface area contributed by atoms with Crippen LogP contribution in [0, 0.1) is 6.92 Å². The number of anilines is 1. The van der Waals surface area contributed by atoms with Crippen molar-refractivity contribution in [1.29, 1.82) is 0 Å². The van der Waals surface area contributed by atoms with Crippen molar-refractivity contribution in [3.05, 3.63) is 42.5 Å². The number of benzene rings is 1. The fraction of sp³-hybridized carbons (Fsp3) is 0.353. The summed E-state index contributed by atoms with van der Waals surface area (Å²) in [4.78, 5) is 12.3. The predicted molar refractivity (Wildman–Crippen MR) is 98.6 cm³/mol. The van der Waals surface area contributed by atoms with Gasteiger partial charge in [0.1, 0.15) is 24.2 Å². The van der Waals surface area contributed by atoms with Crippen LogP contribution >= 0.6 is 0 Å². The third-order valence-electron chi connectivity index (χ3n) is 4.60. The van der Waals surface area contributed by atoms with Gasteiger partial charge in [-0.25, -0.2) is 15.0 Å². The predicted octanol–water partition coefficient (Wildman–Crippen LogP) is 0.771. The summed E-state index contributed by atoms with van der Waals surface area (Å²) in [6.45, 7) is 1.55. The first-order valence-electron chi connectivity index (χ1n) is 8.58. The van der Waals surface area contributed by atoms with E-state index in [1.165, 1.54) is 24.8 Å². The molecule has 0 bridgehead atoms. The summed E-state index contributed by atoms with van der Waals surface area (Å²) in [7, 11) is -3.95. The maximum Gasteiger partial charge on any atom is 0.297 e. The quantitative estimate of drug-likeness (QED) is 0.588. The van der Waals surface area contributed by atoms with E-state index in [1.807, 2.05) is 6.92 Å². The number of nitrogen functional groups attached to an aromatic ring is 1. The maximum absolute atomic E-state index is 12.3. The lowest BCUT2D eigenvalue weighted by atomic mass is 10.2. The average molecular weight is 405 g/mol. The van der Waals surface area contributed by atoms with E-state index in [4.69, 9.17) is 14.7 Å². The molecular weight excluding hydrogens is 386 g/mol. The van der Waals surface area contributed by atoms with Gasteiger partial charge in [0.05, 0.1) is 23.9 Å². The highest BCUT2D eigenvalue weighted by Crippen LogP contribution is 2.32. The fourth-order valence-electron chi connectivity index (χ4n) is 3.05. The molecule has 10 nitrogen and oxygen atoms in total. The fourth-order valence-corrected chi connectivity index (χ4v) is 3.97. The number of aliphatic hydroxyl groups excluding tert-OH is 1. The van der Waals surface area contributed by atoms with Crippen molar-refractivity contribution < 1.29 is 22.4 Å². The van der Waals surface area contributed by atoms with Gasteiger partial charge in [0.15, 0.2) is 11.5 Å². The summed E-state index contributed by atoms with van der Waals surface area (Å²) in [6.07, 6.45) is 0.741. The van der Waals surface area contributed by atoms with E-state index in [2.05, 4.69) is 15.0 Å². The molecule has 3 aromatic rings. The first-order chi connectivity index (χ1) is 13.3. The van der Waals surface area contributed by atoms with Crippen molar-refractivity contribution >= 4 is 27.1 Å². The molecular formula is C17H19N5O5S. The smallest absolute Gasteiger partial charge is 0.297 e. The molecule has 1 aliphatic heterocycles. The van der Waals surface area contributed by atoms with E-state index in [0.717, 1.165) is 5.56 Å². The number of aliphatic hydroxyl groups is 1. The van der Waals surface area contributed by atoms with E-state index in [1.54, 1.807) is 16.7 Å². The largest absolute Gasteiger partial charge is 0.390 e. The molecule has 0 radical (unpaired) electrons. The van der Waals surface area contributed by atoms with Gasteiger partial charge >= 0.3 is 0 Å². The third-order valence-corrected chi connectivity index (χ3v) is 5.89. The van der Waals surface area contributed by atoms with Crippen LogP contribution in [0.25, 0.3) is 11.2 Å². The third kappa shape index (κ3) is 3.44. The Bertz CT molecular complexity index is 1100. The summed E-state index contributed by atoms with van der Waals surface area (Å²) in [5.41, 5.74) is 7.62. The van der Waals surface area contributed by atoms with Crippen LogP contribution in [0.15, 0.2) is 41.8 Å². The zero-order chi connectivity index (χ0) is 19.9. The molecule has 148 valence electrons. The molecule has 2 aromatic heterocycles. The SMILES string of the molecule is Cc1ccc(S(=O)(=O)OC[C@H]2O[C@H](n3cnc4c(N)ncnc43)C[C@H]2O)cc1. The average Bonchev–Trinajstić information content (AvgIpc) is 3.25. The van der Waals surface area contributed by atoms with Crippen LogP contribution in [-0.2, 0) is 19.0 Å². The number of imidazole rings is 1. The molecule has 0 amide bonds. The van der Waals surface area contributed by atoms with Crippen molar-refractivity contribution in [1.82, 2.24) is 19.5 Å². The van der Waals surface area contributed by atoms with Crippen molar-refractivity contribution in [2.45, 2.75) is 36.7 Å². The Hall–Kier alpha value is -2.60. The summed E-state index contributed by atoms with van der Waals surface area (Å²) in [6, 6.07) is 6.32. The van der Waals surface area contributed by atoms with Crippen LogP contribution in [0.4, 0.5) is 5.82 Å². The van der Waals surface area contributed by atoms with Crippen molar-refractivity contribution in [2.75, 3.05) is 12.3 Å². The highest BCUT2D eigenvalue weighted by molar-refractivity contribution is 7.86. The molecule has 0 unspecified atom stereocenters. The minimum absolute atomic E-state index is 0.0508. The second-order valence-corrected chi connectivity index (χ2v) is 8.18. The zero-order valence-electron chi connectivity index (χ0n) is 15.0. The highest BCUT2D eigenvalue weighted by atomic mass is 32.2. The summed E-state index contributed by atoms with van der Waals surface area (Å²) in [5, 5.41) is 10.3. The number of hydrogen-bond acceptors (Lipinski definition) is 9. The van der Waals surface area contributed by atoms with Gasteiger partial charge in [-0.05, 0) is 19.1 Å². The van der Waals surface area contributed by atoms with E-state index in [0.29, 0.717) is 11.2 Å². The van der Waals surface area contributed by atoms with Crippen LogP contribution in [0.3, 0.4) is 0 Å². The second-order valence-electron chi connectivity index (χ2n) is 6.57. The van der Waals surface area contributed by atoms with E-state index in [9.17, 15) is 13.5 Å². The Labute approximate surface area is 161 Å². The molecule has 3 heterocycles. The first kappa shape index (κ1) is 18.7. The molecule has 1 aliphatic rings. The van der Waals surface area contributed by atoms with E-state index in [-0.39, 0.29) is 23.7 Å². The Kier molecular flexibility index (Phi) is 4.75. The molecule has 1 fully saturated rings. The molecule has 11 heteroatoms. The highest BCUT2D eigenvalue weighted by Gasteiger charge is 2.37. The van der Waals surface area contributed by atoms with Gasteiger partial charge in [0.2, 0.25) is 0 Å².